The molecule has 1 aromatic heterocycles. The Labute approximate surface area is 104 Å². The van der Waals surface area contributed by atoms with E-state index in [-0.39, 0.29) is 5.78 Å². The zero-order valence-corrected chi connectivity index (χ0v) is 10.5. The van der Waals surface area contributed by atoms with Crippen LogP contribution in [0.2, 0.25) is 0 Å². The zero-order chi connectivity index (χ0) is 12.3. The van der Waals surface area contributed by atoms with Crippen molar-refractivity contribution in [2.45, 2.75) is 19.0 Å². The van der Waals surface area contributed by atoms with E-state index in [1.165, 1.54) is 17.3 Å². The Morgan fingerprint density at radius 2 is 2.06 bits per heavy atom. The molecule has 5 heteroatoms. The molecule has 0 aliphatic carbocycles. The van der Waals surface area contributed by atoms with Gasteiger partial charge in [0.25, 0.3) is 0 Å². The Bertz CT molecular complexity index is 519. The summed E-state index contributed by atoms with van der Waals surface area (Å²) in [5, 5.41) is 7.54. The fourth-order valence-corrected chi connectivity index (χ4v) is 1.92. The monoisotopic (exact) mass is 247 g/mol. The maximum atomic E-state index is 10.8. The fraction of sp³-hybridized carbons (Fsp3) is 0.250. The lowest BCUT2D eigenvalue weighted by Gasteiger charge is -1.95. The topological polar surface area (TPSA) is 58.6 Å². The molecule has 0 saturated heterocycles. The molecule has 2 aromatic rings. The predicted octanol–water partition coefficient (Wildman–Crippen LogP) is 2.46. The smallest absolute Gasteiger partial charge is 0.209 e. The van der Waals surface area contributed by atoms with Crippen LogP contribution in [0.5, 0.6) is 0 Å². The van der Waals surface area contributed by atoms with Crippen LogP contribution in [-0.4, -0.2) is 26.7 Å². The van der Waals surface area contributed by atoms with E-state index < -0.39 is 0 Å². The molecule has 0 spiro atoms. The minimum absolute atomic E-state index is 0.122. The lowest BCUT2D eigenvalue weighted by atomic mass is 10.1. The van der Waals surface area contributed by atoms with Crippen molar-refractivity contribution in [2.24, 2.45) is 0 Å². The van der Waals surface area contributed by atoms with Crippen LogP contribution in [0.25, 0.3) is 11.4 Å². The van der Waals surface area contributed by atoms with Crippen LogP contribution in [0.1, 0.15) is 12.5 Å². The molecule has 17 heavy (non-hydrogen) atoms. The lowest BCUT2D eigenvalue weighted by molar-refractivity contribution is -0.114. The number of hydrogen-bond acceptors (Lipinski definition) is 4. The Hall–Kier alpha value is -1.62. The number of hydrogen-bond donors (Lipinski definition) is 1. The number of carbonyl (C=O) groups excluding carboxylic acids is 1. The minimum Gasteiger partial charge on any atom is -0.299 e. The van der Waals surface area contributed by atoms with Gasteiger partial charge in [-0.3, -0.25) is 9.89 Å². The van der Waals surface area contributed by atoms with Crippen LogP contribution in [-0.2, 0) is 4.79 Å². The summed E-state index contributed by atoms with van der Waals surface area (Å²) in [6.07, 6.45) is 0. The molecule has 2 rings (SSSR count). The van der Waals surface area contributed by atoms with Gasteiger partial charge in [-0.15, -0.1) is 5.10 Å². The Morgan fingerprint density at radius 3 is 2.71 bits per heavy atom. The molecule has 0 aliphatic rings. The highest BCUT2D eigenvalue weighted by Crippen LogP contribution is 2.19. The SMILES string of the molecule is CC(=O)CSc1n[nH]c(-c2ccc(C)cc2)n1. The number of thioether (sulfide) groups is 1. The van der Waals surface area contributed by atoms with E-state index >= 15 is 0 Å². The van der Waals surface area contributed by atoms with Gasteiger partial charge in [0.2, 0.25) is 5.16 Å². The first kappa shape index (κ1) is 11.9. The number of carbonyl (C=O) groups is 1. The summed E-state index contributed by atoms with van der Waals surface area (Å²) in [5.41, 5.74) is 2.21. The van der Waals surface area contributed by atoms with E-state index in [4.69, 9.17) is 0 Å². The number of benzene rings is 1. The molecule has 4 nitrogen and oxygen atoms in total. The average molecular weight is 247 g/mol. The largest absolute Gasteiger partial charge is 0.299 e. The van der Waals surface area contributed by atoms with Gasteiger partial charge < -0.3 is 0 Å². The summed E-state index contributed by atoms with van der Waals surface area (Å²) in [6.45, 7) is 3.60. The van der Waals surface area contributed by atoms with Crippen LogP contribution in [0.15, 0.2) is 29.4 Å². The van der Waals surface area contributed by atoms with Gasteiger partial charge in [0.15, 0.2) is 5.82 Å². The van der Waals surface area contributed by atoms with Crippen molar-refractivity contribution in [1.29, 1.82) is 0 Å². The highest BCUT2D eigenvalue weighted by atomic mass is 32.2. The summed E-state index contributed by atoms with van der Waals surface area (Å²) in [4.78, 5) is 15.2. The maximum absolute atomic E-state index is 10.8. The Balaban J connectivity index is 2.12. The summed E-state index contributed by atoms with van der Waals surface area (Å²) < 4.78 is 0. The quantitative estimate of drug-likeness (QED) is 0.843. The normalized spacial score (nSPS) is 10.5. The van der Waals surface area contributed by atoms with Crippen LogP contribution in [0.3, 0.4) is 0 Å². The Morgan fingerprint density at radius 1 is 1.35 bits per heavy atom. The van der Waals surface area contributed by atoms with Gasteiger partial charge in [-0.1, -0.05) is 41.6 Å². The second-order valence-corrected chi connectivity index (χ2v) is 4.77. The highest BCUT2D eigenvalue weighted by Gasteiger charge is 2.06. The molecule has 1 N–H and O–H groups in total. The number of aromatic amines is 1. The first-order chi connectivity index (χ1) is 8.15. The van der Waals surface area contributed by atoms with Crippen molar-refractivity contribution >= 4 is 17.5 Å². The molecule has 0 amide bonds. The van der Waals surface area contributed by atoms with Crippen molar-refractivity contribution in [3.8, 4) is 11.4 Å². The number of H-pyrrole nitrogens is 1. The molecular formula is C12H13N3OS. The van der Waals surface area contributed by atoms with E-state index in [1.807, 2.05) is 31.2 Å². The maximum Gasteiger partial charge on any atom is 0.209 e. The van der Waals surface area contributed by atoms with Gasteiger partial charge in [0.05, 0.1) is 5.75 Å². The van der Waals surface area contributed by atoms with E-state index in [0.29, 0.717) is 10.9 Å². The van der Waals surface area contributed by atoms with Crippen molar-refractivity contribution < 1.29 is 4.79 Å². The molecular weight excluding hydrogens is 234 g/mol. The molecule has 0 unspecified atom stereocenters. The predicted molar refractivity (Wildman–Crippen MR) is 68.0 cm³/mol. The van der Waals surface area contributed by atoms with Crippen LogP contribution < -0.4 is 0 Å². The molecule has 0 saturated carbocycles. The van der Waals surface area contributed by atoms with Gasteiger partial charge >= 0.3 is 0 Å². The fourth-order valence-electron chi connectivity index (χ4n) is 1.32. The van der Waals surface area contributed by atoms with Crippen LogP contribution in [0, 0.1) is 6.92 Å². The summed E-state index contributed by atoms with van der Waals surface area (Å²) in [6, 6.07) is 8.05. The summed E-state index contributed by atoms with van der Waals surface area (Å²) >= 11 is 1.34. The molecule has 1 aromatic carbocycles. The molecule has 0 aliphatic heterocycles. The van der Waals surface area contributed by atoms with Crippen molar-refractivity contribution in [3.05, 3.63) is 29.8 Å². The number of aromatic nitrogens is 3. The third-order valence-electron chi connectivity index (χ3n) is 2.19. The second kappa shape index (κ2) is 5.14. The number of nitrogens with one attached hydrogen (secondary N) is 1. The average Bonchev–Trinajstić information content (AvgIpc) is 2.76. The van der Waals surface area contributed by atoms with E-state index in [0.717, 1.165) is 11.4 Å². The number of rotatable bonds is 4. The van der Waals surface area contributed by atoms with Crippen molar-refractivity contribution in [1.82, 2.24) is 15.2 Å². The van der Waals surface area contributed by atoms with Gasteiger partial charge in [0.1, 0.15) is 5.78 Å². The van der Waals surface area contributed by atoms with Crippen molar-refractivity contribution in [2.75, 3.05) is 5.75 Å². The van der Waals surface area contributed by atoms with Gasteiger partial charge in [-0.05, 0) is 13.8 Å². The molecule has 0 atom stereocenters. The summed E-state index contributed by atoms with van der Waals surface area (Å²) in [7, 11) is 0. The third kappa shape index (κ3) is 3.17. The highest BCUT2D eigenvalue weighted by molar-refractivity contribution is 7.99. The molecule has 0 bridgehead atoms. The van der Waals surface area contributed by atoms with Crippen LogP contribution in [0.4, 0.5) is 0 Å². The second-order valence-electron chi connectivity index (χ2n) is 3.82. The zero-order valence-electron chi connectivity index (χ0n) is 9.73. The van der Waals surface area contributed by atoms with Gasteiger partial charge in [0, 0.05) is 5.56 Å². The summed E-state index contributed by atoms with van der Waals surface area (Å²) in [5.74, 6) is 1.26. The van der Waals surface area contributed by atoms with E-state index in [2.05, 4.69) is 15.2 Å². The van der Waals surface area contributed by atoms with Gasteiger partial charge in [-0.2, -0.15) is 0 Å². The van der Waals surface area contributed by atoms with Crippen molar-refractivity contribution in [3.63, 3.8) is 0 Å². The van der Waals surface area contributed by atoms with Gasteiger partial charge in [-0.25, -0.2) is 4.98 Å². The van der Waals surface area contributed by atoms with E-state index in [9.17, 15) is 4.79 Å². The van der Waals surface area contributed by atoms with Crippen LogP contribution >= 0.6 is 11.8 Å². The Kier molecular flexibility index (Phi) is 3.58. The first-order valence-electron chi connectivity index (χ1n) is 5.27. The molecule has 0 fully saturated rings. The number of nitrogens with zero attached hydrogens (tertiary/aromatic N) is 2. The first-order valence-corrected chi connectivity index (χ1v) is 6.25. The molecule has 1 heterocycles. The standard InChI is InChI=1S/C12H13N3OS/c1-8-3-5-10(6-4-8)11-13-12(15-14-11)17-7-9(2)16/h3-6H,7H2,1-2H3,(H,13,14,15). The number of Topliss-reactive ketones (excluding diaryl/α,β-unsaturated/α-hetero) is 1. The third-order valence-corrected chi connectivity index (χ3v) is 3.19. The number of ketones is 1. The van der Waals surface area contributed by atoms with E-state index in [1.54, 1.807) is 6.92 Å². The molecule has 88 valence electrons. The number of aryl methyl sites for hydroxylation is 1. The lowest BCUT2D eigenvalue weighted by Crippen LogP contribution is -1.93. The minimum atomic E-state index is 0.122. The molecule has 0 radical (unpaired) electrons.